The van der Waals surface area contributed by atoms with Gasteiger partial charge in [-0.2, -0.15) is 0 Å². The molecule has 0 bridgehead atoms. The summed E-state index contributed by atoms with van der Waals surface area (Å²) in [6.45, 7) is 0. The Bertz CT molecular complexity index is 3700. The second-order valence-electron chi connectivity index (χ2n) is 14.1. The normalized spacial score (nSPS) is 12.5. The smallest absolute Gasteiger partial charge is 0.235 e. The quantitative estimate of drug-likeness (QED) is 0.181. The Balaban J connectivity index is 1.23. The van der Waals surface area contributed by atoms with Crippen molar-refractivity contribution < 1.29 is 0 Å². The Labute approximate surface area is 305 Å². The summed E-state index contributed by atoms with van der Waals surface area (Å²) in [5, 5.41) is 13.5. The van der Waals surface area contributed by atoms with E-state index in [-0.39, 0.29) is 0 Å². The number of fused-ring (bicyclic) bond motifs is 16. The number of thiophene rings is 1. The topological polar surface area (TPSA) is 35.1 Å². The molecule has 0 radical (unpaired) electrons. The van der Waals surface area contributed by atoms with Crippen LogP contribution in [0.3, 0.4) is 0 Å². The molecule has 4 nitrogen and oxygen atoms in total. The van der Waals surface area contributed by atoms with E-state index in [2.05, 4.69) is 167 Å². The number of hydrogen-bond acceptors (Lipinski definition) is 3. The first-order chi connectivity index (χ1) is 26.3. The number of hydrogen-bond donors (Lipinski definition) is 0. The Morgan fingerprint density at radius 3 is 1.98 bits per heavy atom. The number of rotatable bonds is 2. The van der Waals surface area contributed by atoms with E-state index >= 15 is 0 Å². The second kappa shape index (κ2) is 9.94. The van der Waals surface area contributed by atoms with Gasteiger partial charge < -0.3 is 4.40 Å². The predicted octanol–water partition coefficient (Wildman–Crippen LogP) is 13.1. The zero-order valence-electron chi connectivity index (χ0n) is 28.2. The van der Waals surface area contributed by atoms with Crippen LogP contribution in [-0.2, 0) is 0 Å². The zero-order valence-corrected chi connectivity index (χ0v) is 29.0. The minimum atomic E-state index is 0.683. The van der Waals surface area contributed by atoms with E-state index < -0.39 is 0 Å². The summed E-state index contributed by atoms with van der Waals surface area (Å²) in [5.74, 6) is 0.683. The van der Waals surface area contributed by atoms with Crippen LogP contribution < -0.4 is 0 Å². The maximum atomic E-state index is 5.56. The molecule has 0 saturated heterocycles. The molecular formula is C48H26N4S. The van der Waals surface area contributed by atoms with Crippen molar-refractivity contribution in [2.75, 3.05) is 0 Å². The van der Waals surface area contributed by atoms with E-state index in [0.29, 0.717) is 5.95 Å². The summed E-state index contributed by atoms with van der Waals surface area (Å²) in [7, 11) is 0. The van der Waals surface area contributed by atoms with E-state index in [1.165, 1.54) is 75.1 Å². The molecule has 0 spiro atoms. The van der Waals surface area contributed by atoms with Crippen LogP contribution >= 0.6 is 11.3 Å². The maximum absolute atomic E-state index is 5.56. The lowest BCUT2D eigenvalue weighted by atomic mass is 10.0. The summed E-state index contributed by atoms with van der Waals surface area (Å²) in [6.07, 6.45) is 0. The molecular weight excluding hydrogens is 665 g/mol. The minimum absolute atomic E-state index is 0.683. The number of para-hydroxylation sites is 2. The lowest BCUT2D eigenvalue weighted by Gasteiger charge is -2.11. The molecule has 244 valence electrons. The first-order valence-electron chi connectivity index (χ1n) is 18.0. The highest BCUT2D eigenvalue weighted by Crippen LogP contribution is 2.48. The molecule has 5 heteroatoms. The van der Waals surface area contributed by atoms with Crippen molar-refractivity contribution in [3.8, 4) is 17.2 Å². The molecule has 0 atom stereocenters. The van der Waals surface area contributed by atoms with Gasteiger partial charge in [0, 0.05) is 53.4 Å². The molecule has 0 unspecified atom stereocenters. The molecule has 0 aliphatic heterocycles. The van der Waals surface area contributed by atoms with Crippen LogP contribution in [0.2, 0.25) is 0 Å². The fraction of sp³-hybridized carbons (Fsp3) is 0. The first-order valence-corrected chi connectivity index (χ1v) is 18.8. The average molecular weight is 691 g/mol. The molecule has 0 aliphatic rings. The Hall–Kier alpha value is -6.82. The molecule has 13 rings (SSSR count). The van der Waals surface area contributed by atoms with Crippen LogP contribution in [0.1, 0.15) is 0 Å². The van der Waals surface area contributed by atoms with Crippen LogP contribution in [0, 0.1) is 0 Å². The van der Waals surface area contributed by atoms with E-state index in [4.69, 9.17) is 9.97 Å². The van der Waals surface area contributed by atoms with E-state index in [9.17, 15) is 0 Å². The van der Waals surface area contributed by atoms with Crippen LogP contribution in [0.15, 0.2) is 158 Å². The van der Waals surface area contributed by atoms with Crippen molar-refractivity contribution in [1.29, 1.82) is 0 Å². The fourth-order valence-corrected chi connectivity index (χ4v) is 10.3. The SMILES string of the molecule is c1ccc2cc(-c3nc(-n4c5ccccc5c5c6c7ccccc7n7c8c9ccccc9ccc8c(cc54)c67)nc4c3sc3ccccc34)ccc2c1. The Kier molecular flexibility index (Phi) is 5.22. The van der Waals surface area contributed by atoms with Crippen LogP contribution in [0.25, 0.3) is 119 Å². The summed E-state index contributed by atoms with van der Waals surface area (Å²) in [5.41, 5.74) is 9.00. The molecule has 0 fully saturated rings. The van der Waals surface area contributed by atoms with Gasteiger partial charge in [-0.3, -0.25) is 4.57 Å². The van der Waals surface area contributed by atoms with E-state index in [0.717, 1.165) is 37.9 Å². The molecule has 13 aromatic rings. The van der Waals surface area contributed by atoms with Gasteiger partial charge in [0.1, 0.15) is 0 Å². The lowest BCUT2D eigenvalue weighted by molar-refractivity contribution is 1.02. The van der Waals surface area contributed by atoms with Crippen molar-refractivity contribution in [3.05, 3.63) is 158 Å². The molecule has 0 amide bonds. The molecule has 8 aromatic carbocycles. The number of aromatic nitrogens is 4. The molecule has 0 aliphatic carbocycles. The molecule has 0 N–H and O–H groups in total. The summed E-state index contributed by atoms with van der Waals surface area (Å²) < 4.78 is 7.16. The van der Waals surface area contributed by atoms with Gasteiger partial charge in [0.2, 0.25) is 5.95 Å². The Morgan fingerprint density at radius 2 is 1.11 bits per heavy atom. The predicted molar refractivity (Wildman–Crippen MR) is 224 cm³/mol. The third kappa shape index (κ3) is 3.54. The van der Waals surface area contributed by atoms with Gasteiger partial charge in [-0.1, -0.05) is 127 Å². The van der Waals surface area contributed by atoms with Crippen molar-refractivity contribution in [1.82, 2.24) is 18.9 Å². The summed E-state index contributed by atoms with van der Waals surface area (Å²) in [6, 6.07) is 57.3. The number of nitrogens with zero attached hydrogens (tertiary/aromatic N) is 4. The van der Waals surface area contributed by atoms with Crippen molar-refractivity contribution in [3.63, 3.8) is 0 Å². The first kappa shape index (κ1) is 27.8. The Morgan fingerprint density at radius 1 is 0.434 bits per heavy atom. The van der Waals surface area contributed by atoms with Gasteiger partial charge in [0.25, 0.3) is 0 Å². The molecule has 0 saturated carbocycles. The van der Waals surface area contributed by atoms with Gasteiger partial charge in [-0.15, -0.1) is 11.3 Å². The van der Waals surface area contributed by atoms with Gasteiger partial charge in [-0.05, 0) is 46.5 Å². The third-order valence-corrected chi connectivity index (χ3v) is 12.6. The highest BCUT2D eigenvalue weighted by atomic mass is 32.1. The van der Waals surface area contributed by atoms with Crippen molar-refractivity contribution in [2.24, 2.45) is 0 Å². The van der Waals surface area contributed by atoms with Crippen molar-refractivity contribution in [2.45, 2.75) is 0 Å². The highest BCUT2D eigenvalue weighted by Gasteiger charge is 2.26. The van der Waals surface area contributed by atoms with Gasteiger partial charge >= 0.3 is 0 Å². The van der Waals surface area contributed by atoms with E-state index in [1.54, 1.807) is 11.3 Å². The number of benzene rings is 8. The van der Waals surface area contributed by atoms with E-state index in [1.807, 2.05) is 0 Å². The van der Waals surface area contributed by atoms with Crippen LogP contribution in [0.5, 0.6) is 0 Å². The molecule has 5 aromatic heterocycles. The zero-order chi connectivity index (χ0) is 34.4. The average Bonchev–Trinajstić information content (AvgIpc) is 3.95. The molecule has 5 heterocycles. The van der Waals surface area contributed by atoms with Crippen molar-refractivity contribution >= 4 is 113 Å². The summed E-state index contributed by atoms with van der Waals surface area (Å²) >= 11 is 1.78. The van der Waals surface area contributed by atoms with Gasteiger partial charge in [-0.25, -0.2) is 9.97 Å². The second-order valence-corrected chi connectivity index (χ2v) is 15.2. The molecule has 53 heavy (non-hydrogen) atoms. The monoisotopic (exact) mass is 690 g/mol. The third-order valence-electron chi connectivity index (χ3n) is 11.4. The van der Waals surface area contributed by atoms with Gasteiger partial charge in [0.05, 0.1) is 43.5 Å². The standard InChI is InChI=1S/C48H26N4S/c1-2-13-29-25-30(22-21-27(29)11-1)43-47-44(35-17-7-10-20-40(35)53-47)50-48(49-43)51-37-18-8-5-15-33(37)41-39(51)26-36-32-24-23-28-12-3-4-14-31(28)45(32)52-38-19-9-6-16-34(38)42(41)46(36)52/h1-26H. The van der Waals surface area contributed by atoms with Gasteiger partial charge in [0.15, 0.2) is 0 Å². The minimum Gasteiger partial charge on any atom is -0.307 e. The lowest BCUT2D eigenvalue weighted by Crippen LogP contribution is -2.02. The van der Waals surface area contributed by atoms with Crippen LogP contribution in [0.4, 0.5) is 0 Å². The van der Waals surface area contributed by atoms with Crippen LogP contribution in [-0.4, -0.2) is 18.9 Å². The fourth-order valence-electron chi connectivity index (χ4n) is 9.19. The highest BCUT2D eigenvalue weighted by molar-refractivity contribution is 7.26. The summed E-state index contributed by atoms with van der Waals surface area (Å²) in [4.78, 5) is 11.1. The maximum Gasteiger partial charge on any atom is 0.235 e. The largest absolute Gasteiger partial charge is 0.307 e.